The van der Waals surface area contributed by atoms with Gasteiger partial charge in [-0.3, -0.25) is 4.79 Å². The van der Waals surface area contributed by atoms with Crippen molar-refractivity contribution in [2.24, 2.45) is 11.1 Å². The molecule has 1 fully saturated rings. The minimum absolute atomic E-state index is 0.120. The topological polar surface area (TPSA) is 46.3 Å². The molecular formula is C14H25F3N2O. The van der Waals surface area contributed by atoms with Crippen LogP contribution < -0.4 is 5.73 Å². The molecule has 0 atom stereocenters. The summed E-state index contributed by atoms with van der Waals surface area (Å²) in [5, 5.41) is 0. The number of alkyl halides is 3. The molecule has 1 aliphatic rings. The molecule has 0 aromatic heterocycles. The summed E-state index contributed by atoms with van der Waals surface area (Å²) in [6.45, 7) is 2.83. The molecular weight excluding hydrogens is 269 g/mol. The number of nitrogens with zero attached hydrogens (tertiary/aromatic N) is 1. The van der Waals surface area contributed by atoms with E-state index in [1.807, 2.05) is 13.8 Å². The van der Waals surface area contributed by atoms with E-state index < -0.39 is 24.0 Å². The second-order valence-electron chi connectivity index (χ2n) is 5.76. The van der Waals surface area contributed by atoms with Crippen molar-refractivity contribution in [3.05, 3.63) is 0 Å². The van der Waals surface area contributed by atoms with E-state index in [-0.39, 0.29) is 12.6 Å². The van der Waals surface area contributed by atoms with E-state index in [0.29, 0.717) is 25.7 Å². The normalized spacial score (nSPS) is 16.3. The molecule has 1 aliphatic carbocycles. The number of nitrogens with two attached hydrogens (primary N) is 1. The molecule has 1 saturated carbocycles. The third kappa shape index (κ3) is 4.36. The highest BCUT2D eigenvalue weighted by molar-refractivity contribution is 5.83. The third-order valence-electron chi connectivity index (χ3n) is 3.90. The van der Waals surface area contributed by atoms with Gasteiger partial charge in [0, 0.05) is 12.6 Å². The Morgan fingerprint density at radius 2 is 1.70 bits per heavy atom. The first kappa shape index (κ1) is 17.3. The Morgan fingerprint density at radius 1 is 1.20 bits per heavy atom. The minimum Gasteiger partial charge on any atom is -0.330 e. The molecule has 0 aromatic carbocycles. The van der Waals surface area contributed by atoms with E-state index in [4.69, 9.17) is 5.73 Å². The molecule has 3 nitrogen and oxygen atoms in total. The third-order valence-corrected chi connectivity index (χ3v) is 3.90. The highest BCUT2D eigenvalue weighted by Crippen LogP contribution is 2.37. The van der Waals surface area contributed by atoms with Crippen molar-refractivity contribution in [1.82, 2.24) is 4.90 Å². The number of hydrogen-bond acceptors (Lipinski definition) is 2. The number of carbonyl (C=O) groups is 1. The second kappa shape index (κ2) is 6.78. The Morgan fingerprint density at radius 3 is 2.00 bits per heavy atom. The maximum absolute atomic E-state index is 12.7. The van der Waals surface area contributed by atoms with Crippen LogP contribution >= 0.6 is 0 Å². The smallest absolute Gasteiger partial charge is 0.330 e. The highest BCUT2D eigenvalue weighted by Gasteiger charge is 2.47. The first-order valence-electron chi connectivity index (χ1n) is 7.37. The number of hydrogen-bond donors (Lipinski definition) is 1. The molecule has 0 unspecified atom stereocenters. The van der Waals surface area contributed by atoms with Crippen molar-refractivity contribution in [3.63, 3.8) is 0 Å². The summed E-state index contributed by atoms with van der Waals surface area (Å²) >= 11 is 0. The van der Waals surface area contributed by atoms with Gasteiger partial charge < -0.3 is 10.6 Å². The van der Waals surface area contributed by atoms with Crippen LogP contribution in [0.1, 0.15) is 52.4 Å². The molecule has 0 saturated heterocycles. The first-order chi connectivity index (χ1) is 9.29. The van der Waals surface area contributed by atoms with Gasteiger partial charge in [0.2, 0.25) is 5.91 Å². The zero-order valence-corrected chi connectivity index (χ0v) is 12.3. The molecule has 2 N–H and O–H groups in total. The molecule has 118 valence electrons. The van der Waals surface area contributed by atoms with Crippen LogP contribution in [-0.2, 0) is 4.79 Å². The number of carbonyl (C=O) groups excluding carboxylic acids is 1. The summed E-state index contributed by atoms with van der Waals surface area (Å²) in [5.41, 5.74) is 4.95. The van der Waals surface area contributed by atoms with E-state index in [1.165, 1.54) is 0 Å². The largest absolute Gasteiger partial charge is 0.406 e. The number of halogens is 3. The van der Waals surface area contributed by atoms with Gasteiger partial charge in [-0.05, 0) is 25.7 Å². The maximum atomic E-state index is 12.7. The van der Waals surface area contributed by atoms with Gasteiger partial charge in [0.05, 0.1) is 5.41 Å². The van der Waals surface area contributed by atoms with Crippen molar-refractivity contribution < 1.29 is 18.0 Å². The van der Waals surface area contributed by atoms with Crippen molar-refractivity contribution in [2.45, 2.75) is 64.6 Å². The standard InChI is InChI=1S/C14H25F3N2O/c1-3-7-13(9-18,8-4-2)12(20)19(11-5-6-11)10-14(15,16)17/h11H,3-10,18H2,1-2H3. The predicted octanol–water partition coefficient (Wildman–Crippen LogP) is 3.09. The fourth-order valence-electron chi connectivity index (χ4n) is 2.84. The lowest BCUT2D eigenvalue weighted by Crippen LogP contribution is -2.51. The highest BCUT2D eigenvalue weighted by atomic mass is 19.4. The molecule has 0 aromatic rings. The lowest BCUT2D eigenvalue weighted by molar-refractivity contribution is -0.169. The Hall–Kier alpha value is -0.780. The van der Waals surface area contributed by atoms with Crippen LogP contribution in [0, 0.1) is 5.41 Å². The molecule has 0 aliphatic heterocycles. The predicted molar refractivity (Wildman–Crippen MR) is 72.1 cm³/mol. The fourth-order valence-corrected chi connectivity index (χ4v) is 2.84. The Bertz CT molecular complexity index is 321. The van der Waals surface area contributed by atoms with Gasteiger partial charge in [0.25, 0.3) is 0 Å². The second-order valence-corrected chi connectivity index (χ2v) is 5.76. The van der Waals surface area contributed by atoms with Crippen molar-refractivity contribution in [2.75, 3.05) is 13.1 Å². The zero-order valence-electron chi connectivity index (χ0n) is 12.3. The van der Waals surface area contributed by atoms with Crippen LogP contribution in [0.3, 0.4) is 0 Å². The van der Waals surface area contributed by atoms with Crippen LogP contribution in [0.5, 0.6) is 0 Å². The Balaban J connectivity index is 2.94. The molecule has 0 bridgehead atoms. The SMILES string of the molecule is CCCC(CN)(CCC)C(=O)N(CC(F)(F)F)C1CC1. The quantitative estimate of drug-likeness (QED) is 0.748. The Labute approximate surface area is 118 Å². The minimum atomic E-state index is -4.35. The van der Waals surface area contributed by atoms with Gasteiger partial charge in [-0.25, -0.2) is 0 Å². The monoisotopic (exact) mass is 294 g/mol. The van der Waals surface area contributed by atoms with Crippen LogP contribution in [-0.4, -0.2) is 36.1 Å². The van der Waals surface area contributed by atoms with Crippen LogP contribution in [0.25, 0.3) is 0 Å². The van der Waals surface area contributed by atoms with Crippen molar-refractivity contribution >= 4 is 5.91 Å². The summed E-state index contributed by atoms with van der Waals surface area (Å²) in [6, 6.07) is -0.247. The summed E-state index contributed by atoms with van der Waals surface area (Å²) in [7, 11) is 0. The molecule has 0 radical (unpaired) electrons. The van der Waals surface area contributed by atoms with Gasteiger partial charge in [0.1, 0.15) is 6.54 Å². The summed E-state index contributed by atoms with van der Waals surface area (Å²) in [5.74, 6) is -0.400. The average molecular weight is 294 g/mol. The summed E-state index contributed by atoms with van der Waals surface area (Å²) in [6.07, 6.45) is -0.423. The van der Waals surface area contributed by atoms with Gasteiger partial charge in [-0.1, -0.05) is 26.7 Å². The molecule has 20 heavy (non-hydrogen) atoms. The van der Waals surface area contributed by atoms with Gasteiger partial charge in [-0.15, -0.1) is 0 Å². The molecule has 6 heteroatoms. The molecule has 0 heterocycles. The lowest BCUT2D eigenvalue weighted by atomic mass is 9.77. The maximum Gasteiger partial charge on any atom is 0.406 e. The van der Waals surface area contributed by atoms with Crippen LogP contribution in [0.15, 0.2) is 0 Å². The van der Waals surface area contributed by atoms with Crippen LogP contribution in [0.4, 0.5) is 13.2 Å². The molecule has 1 amide bonds. The van der Waals surface area contributed by atoms with Gasteiger partial charge in [0.15, 0.2) is 0 Å². The molecule has 0 spiro atoms. The zero-order chi connectivity index (χ0) is 15.4. The lowest BCUT2D eigenvalue weighted by Gasteiger charge is -2.37. The van der Waals surface area contributed by atoms with Crippen LogP contribution in [0.2, 0.25) is 0 Å². The van der Waals surface area contributed by atoms with Gasteiger partial charge in [-0.2, -0.15) is 13.2 Å². The Kier molecular flexibility index (Phi) is 5.86. The molecule has 1 rings (SSSR count). The van der Waals surface area contributed by atoms with E-state index in [9.17, 15) is 18.0 Å². The van der Waals surface area contributed by atoms with Crippen molar-refractivity contribution in [1.29, 1.82) is 0 Å². The average Bonchev–Trinajstić information content (AvgIpc) is 3.18. The van der Waals surface area contributed by atoms with E-state index in [2.05, 4.69) is 0 Å². The summed E-state index contributed by atoms with van der Waals surface area (Å²) < 4.78 is 38.1. The number of amides is 1. The summed E-state index contributed by atoms with van der Waals surface area (Å²) in [4.78, 5) is 13.7. The van der Waals surface area contributed by atoms with Gasteiger partial charge >= 0.3 is 6.18 Å². The van der Waals surface area contributed by atoms with E-state index in [1.54, 1.807) is 0 Å². The van der Waals surface area contributed by atoms with E-state index in [0.717, 1.165) is 17.7 Å². The first-order valence-corrected chi connectivity index (χ1v) is 7.37. The van der Waals surface area contributed by atoms with E-state index >= 15 is 0 Å². The van der Waals surface area contributed by atoms with Crippen molar-refractivity contribution in [3.8, 4) is 0 Å². The fraction of sp³-hybridized carbons (Fsp3) is 0.929. The number of rotatable bonds is 8.